The molecule has 4 aromatic carbocycles. The number of likely N-dealkylation sites (N-methyl/N-ethyl adjacent to an activating group) is 2. The Hall–Kier alpha value is -9.44. The van der Waals surface area contributed by atoms with E-state index >= 15 is 0 Å². The highest BCUT2D eigenvalue weighted by molar-refractivity contribution is 9.10. The van der Waals surface area contributed by atoms with Gasteiger partial charge in [0.05, 0.1) is 38.4 Å². The largest absolute Gasteiger partial charge is 0.494 e. The topological polar surface area (TPSA) is 263 Å². The second-order valence-corrected chi connectivity index (χ2v) is 23.7. The number of halogens is 3. The lowest BCUT2D eigenvalue weighted by Crippen LogP contribution is -2.54. The summed E-state index contributed by atoms with van der Waals surface area (Å²) in [5.41, 5.74) is -0.953. The van der Waals surface area contributed by atoms with E-state index in [2.05, 4.69) is 73.3 Å². The highest BCUT2D eigenvalue weighted by Crippen LogP contribution is 2.35. The molecule has 8 heterocycles. The molecule has 8 aliphatic rings. The molecule has 27 heteroatoms. The van der Waals surface area contributed by atoms with Crippen molar-refractivity contribution < 1.29 is 66.2 Å². The number of amides is 12. The number of imide groups is 2. The third kappa shape index (κ3) is 13.0. The molecule has 4 N–H and O–H groups in total. The molecule has 0 aliphatic carbocycles. The first kappa shape index (κ1) is 64.5. The fourth-order valence-corrected chi connectivity index (χ4v) is 12.6. The van der Waals surface area contributed by atoms with Crippen LogP contribution in [0.2, 0.25) is 0 Å². The van der Waals surface area contributed by atoms with E-state index in [0.29, 0.717) is 54.7 Å². The number of fused-ring (bicyclic) bond motifs is 2. The Labute approximate surface area is 531 Å². The van der Waals surface area contributed by atoms with Gasteiger partial charge in [-0.3, -0.25) is 58.8 Å². The summed E-state index contributed by atoms with van der Waals surface area (Å²) in [5.74, 6) is 3.52. The number of nitrogens with zero attached hydrogens (tertiary/aromatic N) is 8. The normalized spacial score (nSPS) is 22.8. The van der Waals surface area contributed by atoms with E-state index < -0.39 is 64.4 Å². The summed E-state index contributed by atoms with van der Waals surface area (Å²) in [6.07, 6.45) is 7.15. The van der Waals surface area contributed by atoms with Crippen molar-refractivity contribution in [3.8, 4) is 35.7 Å². The zero-order valence-electron chi connectivity index (χ0n) is 50.5. The molecule has 4 aromatic rings. The number of hydrogen-bond acceptors (Lipinski definition) is 14. The Morgan fingerprint density at radius 3 is 1.38 bits per heavy atom. The van der Waals surface area contributed by atoms with E-state index in [1.165, 1.54) is 36.2 Å². The van der Waals surface area contributed by atoms with Gasteiger partial charge in [-0.1, -0.05) is 59.7 Å². The van der Waals surface area contributed by atoms with E-state index in [4.69, 9.17) is 15.9 Å². The molecular formula is C64H67BrF2N12O12. The van der Waals surface area contributed by atoms with Crippen molar-refractivity contribution in [1.82, 2.24) is 50.7 Å². The number of methoxy groups -OCH3 is 2. The number of urea groups is 2. The number of hydrogen-bond donors (Lipinski definition) is 4. The summed E-state index contributed by atoms with van der Waals surface area (Å²) < 4.78 is 40.0. The van der Waals surface area contributed by atoms with E-state index in [9.17, 15) is 56.7 Å². The number of nitrogens with one attached hydrogen (secondary N) is 4. The number of piperazine rings is 2. The van der Waals surface area contributed by atoms with Crippen molar-refractivity contribution in [2.45, 2.75) is 75.8 Å². The summed E-state index contributed by atoms with van der Waals surface area (Å²) in [6.45, 7) is 11.9. The number of carbonyl (C=O) groups excluding carboxylic acids is 10. The minimum absolute atomic E-state index is 0.0222. The van der Waals surface area contributed by atoms with Crippen LogP contribution in [0.1, 0.15) is 76.9 Å². The maximum Gasteiger partial charge on any atom is 0.323 e. The molecule has 8 aliphatic heterocycles. The van der Waals surface area contributed by atoms with Gasteiger partial charge in [-0.25, -0.2) is 18.4 Å². The first-order chi connectivity index (χ1) is 43.6. The summed E-state index contributed by atoms with van der Waals surface area (Å²) in [4.78, 5) is 139. The molecule has 4 atom stereocenters. The van der Waals surface area contributed by atoms with Crippen LogP contribution in [0.15, 0.2) is 77.3 Å². The third-order valence-electron chi connectivity index (χ3n) is 17.5. The predicted octanol–water partition coefficient (Wildman–Crippen LogP) is 3.19. The average Bonchev–Trinajstić information content (AvgIpc) is 1.65. The second kappa shape index (κ2) is 26.9. The lowest BCUT2D eigenvalue weighted by Gasteiger charge is -2.36. The van der Waals surface area contributed by atoms with E-state index in [-0.39, 0.29) is 84.9 Å². The molecule has 24 nitrogen and oxygen atoms in total. The first-order valence-corrected chi connectivity index (χ1v) is 30.5. The monoisotopic (exact) mass is 1310 g/mol. The molecule has 2 unspecified atom stereocenters. The van der Waals surface area contributed by atoms with Gasteiger partial charge in [-0.15, -0.1) is 6.42 Å². The van der Waals surface area contributed by atoms with Gasteiger partial charge in [0.15, 0.2) is 28.7 Å². The molecule has 6 fully saturated rings. The molecular weight excluding hydrogens is 1250 g/mol. The van der Waals surface area contributed by atoms with Gasteiger partial charge < -0.3 is 49.5 Å². The molecule has 0 aromatic heterocycles. The van der Waals surface area contributed by atoms with Gasteiger partial charge in [0.25, 0.3) is 23.6 Å². The number of anilines is 2. The van der Waals surface area contributed by atoms with Crippen LogP contribution < -0.4 is 40.5 Å². The van der Waals surface area contributed by atoms with Gasteiger partial charge in [0.1, 0.15) is 12.1 Å². The highest BCUT2D eigenvalue weighted by Gasteiger charge is 2.51. The Morgan fingerprint density at radius 2 is 1.00 bits per heavy atom. The Morgan fingerprint density at radius 1 is 0.593 bits per heavy atom. The quantitative estimate of drug-likeness (QED) is 0.117. The molecule has 0 bridgehead atoms. The van der Waals surface area contributed by atoms with Crippen molar-refractivity contribution in [3.63, 3.8) is 0 Å². The maximum absolute atomic E-state index is 14.9. The van der Waals surface area contributed by atoms with Gasteiger partial charge in [0, 0.05) is 99.7 Å². The maximum atomic E-state index is 14.9. The minimum Gasteiger partial charge on any atom is -0.494 e. The zero-order valence-corrected chi connectivity index (χ0v) is 52.1. The second-order valence-electron chi connectivity index (χ2n) is 22.8. The molecule has 12 amide bonds. The van der Waals surface area contributed by atoms with Gasteiger partial charge in [0.2, 0.25) is 29.2 Å². The number of rotatable bonds is 12. The van der Waals surface area contributed by atoms with Crippen LogP contribution in [0.3, 0.4) is 0 Å². The Balaban J connectivity index is 0.000000166. The Kier molecular flexibility index (Phi) is 19.1. The van der Waals surface area contributed by atoms with Crippen LogP contribution in [0.5, 0.6) is 11.5 Å². The number of benzene rings is 4. The van der Waals surface area contributed by atoms with Crippen molar-refractivity contribution in [1.29, 1.82) is 0 Å². The van der Waals surface area contributed by atoms with Gasteiger partial charge in [-0.05, 0) is 97.7 Å². The summed E-state index contributed by atoms with van der Waals surface area (Å²) in [7, 11) is 2.60. The standard InChI is InChI=1S/C32H33FN6O6.C17H22BrN3O2.C15H12FN3O4/c1-3-36-14-16-37(17-15-36)28(41)23-9-11-25(40)39(23)22-7-4-20(5-8-22)12-13-32(30(43)34-31(44)35-32)19-38-18-21-6-10-24(45-2)27(33)26(21)29(38)42;1-2-19-9-11-20(12-10-19)17(23)15-7-8-16(22)21(15)14-5-3-13(18)4-6-14;1-3-15(13(21)17-14(22)18-15)7-19-6-8-4-5-9(23-2)11(16)10(8)12(19)20/h4-8,10,23H,3,9,11,14-19H2,1-2H3,(H2,34,35,43,44);3-6,15H,2,7-12H2,1H3;1,4-5H,6-7H2,2H3,(H2,17,18,21,22)/t23?,32-;;15-/m1.1/s1. The number of terminal acetylenes is 1. The van der Waals surface area contributed by atoms with Crippen LogP contribution in [-0.2, 0) is 41.9 Å². The molecule has 476 valence electrons. The average molecular weight is 1310 g/mol. The number of carbonyl (C=O) groups is 10. The fraction of sp³-hybridized carbons (Fsp3) is 0.406. The Bertz CT molecular complexity index is 3730. The third-order valence-corrected chi connectivity index (χ3v) is 18.0. The molecule has 0 saturated carbocycles. The van der Waals surface area contributed by atoms with E-state index in [1.807, 2.05) is 39.4 Å². The van der Waals surface area contributed by atoms with Crippen LogP contribution in [0.4, 0.5) is 29.7 Å². The van der Waals surface area contributed by atoms with Crippen LogP contribution in [0.25, 0.3) is 0 Å². The summed E-state index contributed by atoms with van der Waals surface area (Å²) in [5, 5.41) is 9.07. The van der Waals surface area contributed by atoms with Crippen LogP contribution in [0, 0.1) is 35.8 Å². The van der Waals surface area contributed by atoms with Crippen LogP contribution in [-0.4, -0.2) is 205 Å². The van der Waals surface area contributed by atoms with Crippen molar-refractivity contribution in [3.05, 3.63) is 117 Å². The van der Waals surface area contributed by atoms with Crippen molar-refractivity contribution in [2.75, 3.05) is 103 Å². The van der Waals surface area contributed by atoms with Gasteiger partial charge in [-0.2, -0.15) is 0 Å². The van der Waals surface area contributed by atoms with Crippen molar-refractivity contribution >= 4 is 86.6 Å². The van der Waals surface area contributed by atoms with E-state index in [1.54, 1.807) is 46.2 Å². The van der Waals surface area contributed by atoms with Crippen LogP contribution >= 0.6 is 15.9 Å². The highest BCUT2D eigenvalue weighted by atomic mass is 79.9. The lowest BCUT2D eigenvalue weighted by atomic mass is 9.99. The van der Waals surface area contributed by atoms with E-state index in [0.717, 1.165) is 62.5 Å². The molecule has 12 rings (SSSR count). The molecule has 0 radical (unpaired) electrons. The lowest BCUT2D eigenvalue weighted by molar-refractivity contribution is -0.135. The predicted molar refractivity (Wildman–Crippen MR) is 329 cm³/mol. The summed E-state index contributed by atoms with van der Waals surface area (Å²) in [6, 6.07) is 17.9. The van der Waals surface area contributed by atoms with Gasteiger partial charge >= 0.3 is 12.1 Å². The van der Waals surface area contributed by atoms with Crippen molar-refractivity contribution in [2.24, 2.45) is 0 Å². The summed E-state index contributed by atoms with van der Waals surface area (Å²) >= 11 is 3.40. The fourth-order valence-electron chi connectivity index (χ4n) is 12.4. The molecule has 91 heavy (non-hydrogen) atoms. The first-order valence-electron chi connectivity index (χ1n) is 29.7. The molecule has 6 saturated heterocycles. The molecule has 0 spiro atoms. The smallest absolute Gasteiger partial charge is 0.323 e. The minimum atomic E-state index is -1.78. The SMILES string of the molecule is C#C[C@]1(CN2Cc3ccc(OC)c(F)c3C2=O)NC(=O)NC1=O.CCN1CCN(C(=O)C2CCC(=O)N2c2ccc(Br)cc2)CC1.CCN1CCN(C(=O)C2CCC(=O)N2c2ccc(C#C[C@]3(CN4Cc5ccc(OC)c(F)c5C4=O)NC(=O)NC3=O)cc2)CC1. The zero-order chi connectivity index (χ0) is 65.1. The number of ether oxygens (including phenoxy) is 2.